The van der Waals surface area contributed by atoms with Crippen LogP contribution in [0, 0.1) is 5.92 Å². The molecule has 1 N–H and O–H groups in total. The van der Waals surface area contributed by atoms with Crippen LogP contribution in [-0.2, 0) is 4.79 Å². The van der Waals surface area contributed by atoms with Gasteiger partial charge < -0.3 is 5.11 Å². The monoisotopic (exact) mass is 402 g/mol. The van der Waals surface area contributed by atoms with Crippen LogP contribution in [0.5, 0.6) is 0 Å². The molecule has 0 spiro atoms. The Balaban J connectivity index is 1.65. The number of aromatic nitrogens is 1. The number of carboxylic acids is 1. The number of fused-ring (bicyclic) bond motifs is 2. The Labute approximate surface area is 173 Å². The van der Waals surface area contributed by atoms with Crippen molar-refractivity contribution in [2.45, 2.75) is 18.9 Å². The number of piperidine rings is 1. The molecule has 2 aromatic heterocycles. The van der Waals surface area contributed by atoms with Crippen LogP contribution in [-0.4, -0.2) is 34.0 Å². The first kappa shape index (κ1) is 18.3. The van der Waals surface area contributed by atoms with E-state index in [-0.39, 0.29) is 12.0 Å². The maximum atomic E-state index is 11.5. The van der Waals surface area contributed by atoms with Gasteiger partial charge in [0.2, 0.25) is 0 Å². The van der Waals surface area contributed by atoms with Crippen LogP contribution in [0.4, 0.5) is 0 Å². The number of likely N-dealkylation sites (tertiary alicyclic amines) is 1. The molecule has 5 rings (SSSR count). The van der Waals surface area contributed by atoms with E-state index in [4.69, 9.17) is 0 Å². The predicted molar refractivity (Wildman–Crippen MR) is 117 cm³/mol. The van der Waals surface area contributed by atoms with Gasteiger partial charge in [0.15, 0.2) is 0 Å². The minimum Gasteiger partial charge on any atom is -0.481 e. The average molecular weight is 403 g/mol. The summed E-state index contributed by atoms with van der Waals surface area (Å²) in [6.45, 7) is 1.56. The molecule has 4 nitrogen and oxygen atoms in total. The summed E-state index contributed by atoms with van der Waals surface area (Å²) in [5, 5.41) is 14.1. The first-order valence-corrected chi connectivity index (χ1v) is 10.9. The third-order valence-corrected chi connectivity index (χ3v) is 7.01. The number of hydrogen-bond donors (Lipinski definition) is 1. The fourth-order valence-electron chi connectivity index (χ4n) is 4.53. The number of rotatable bonds is 4. The molecule has 5 heteroatoms. The topological polar surface area (TPSA) is 53.4 Å². The van der Waals surface area contributed by atoms with Crippen molar-refractivity contribution in [3.05, 3.63) is 77.3 Å². The molecule has 0 aliphatic carbocycles. The maximum Gasteiger partial charge on any atom is 0.306 e. The van der Waals surface area contributed by atoms with E-state index in [0.29, 0.717) is 12.8 Å². The van der Waals surface area contributed by atoms with Gasteiger partial charge in [-0.1, -0.05) is 36.4 Å². The number of benzene rings is 2. The van der Waals surface area contributed by atoms with Crippen LogP contribution in [0.1, 0.15) is 30.0 Å². The maximum absolute atomic E-state index is 11.5. The first-order valence-electron chi connectivity index (χ1n) is 9.99. The van der Waals surface area contributed by atoms with Crippen molar-refractivity contribution < 1.29 is 9.90 Å². The lowest BCUT2D eigenvalue weighted by molar-refractivity contribution is -0.143. The second-order valence-electron chi connectivity index (χ2n) is 7.66. The molecule has 0 saturated carbocycles. The van der Waals surface area contributed by atoms with Gasteiger partial charge in [-0.15, -0.1) is 11.3 Å². The van der Waals surface area contributed by atoms with E-state index in [2.05, 4.69) is 63.8 Å². The van der Waals surface area contributed by atoms with Crippen molar-refractivity contribution in [1.82, 2.24) is 9.88 Å². The molecule has 4 aromatic rings. The van der Waals surface area contributed by atoms with Gasteiger partial charge in [0.25, 0.3) is 0 Å². The molecule has 1 aliphatic heterocycles. The number of aliphatic carboxylic acids is 1. The molecular weight excluding hydrogens is 380 g/mol. The molecule has 1 atom stereocenters. The van der Waals surface area contributed by atoms with E-state index in [1.165, 1.54) is 21.2 Å². The number of carbonyl (C=O) groups is 1. The highest BCUT2D eigenvalue weighted by atomic mass is 32.1. The summed E-state index contributed by atoms with van der Waals surface area (Å²) in [5.74, 6) is -0.906. The second-order valence-corrected chi connectivity index (χ2v) is 8.57. The summed E-state index contributed by atoms with van der Waals surface area (Å²) >= 11 is 1.78. The van der Waals surface area contributed by atoms with E-state index >= 15 is 0 Å². The molecule has 1 saturated heterocycles. The zero-order chi connectivity index (χ0) is 19.8. The standard InChI is InChI=1S/C24H22N2O2S/c27-24(28)16-10-13-26(14-11-16)23(20-15-29-22-8-4-2-6-18(20)22)19-9-12-25-21-7-3-1-5-17(19)21/h1-9,12,15-16,23H,10-11,13-14H2,(H,27,28). The number of thiophene rings is 1. The number of pyridine rings is 1. The zero-order valence-corrected chi connectivity index (χ0v) is 16.8. The number of hydrogen-bond acceptors (Lipinski definition) is 4. The van der Waals surface area contributed by atoms with Gasteiger partial charge >= 0.3 is 5.97 Å². The lowest BCUT2D eigenvalue weighted by Gasteiger charge is -2.37. The Hall–Kier alpha value is -2.76. The van der Waals surface area contributed by atoms with Crippen molar-refractivity contribution in [3.63, 3.8) is 0 Å². The fraction of sp³-hybridized carbons (Fsp3) is 0.250. The van der Waals surface area contributed by atoms with Crippen molar-refractivity contribution in [3.8, 4) is 0 Å². The molecule has 2 aromatic carbocycles. The Morgan fingerprint density at radius 3 is 2.52 bits per heavy atom. The SMILES string of the molecule is O=C(O)C1CCN(C(c2ccnc3ccccc23)c2csc3ccccc23)CC1. The van der Waals surface area contributed by atoms with E-state index in [1.807, 2.05) is 12.3 Å². The summed E-state index contributed by atoms with van der Waals surface area (Å²) in [4.78, 5) is 18.5. The largest absolute Gasteiger partial charge is 0.481 e. The lowest BCUT2D eigenvalue weighted by Crippen LogP contribution is -2.39. The Morgan fingerprint density at radius 2 is 1.72 bits per heavy atom. The van der Waals surface area contributed by atoms with Crippen molar-refractivity contribution in [2.24, 2.45) is 5.92 Å². The van der Waals surface area contributed by atoms with Crippen molar-refractivity contribution in [1.29, 1.82) is 0 Å². The van der Waals surface area contributed by atoms with Crippen LogP contribution >= 0.6 is 11.3 Å². The number of carboxylic acid groups (broad SMARTS) is 1. The summed E-state index contributed by atoms with van der Waals surface area (Å²) in [6.07, 6.45) is 3.27. The smallest absolute Gasteiger partial charge is 0.306 e. The summed E-state index contributed by atoms with van der Waals surface area (Å²) in [6, 6.07) is 19.0. The average Bonchev–Trinajstić information content (AvgIpc) is 3.18. The van der Waals surface area contributed by atoms with Gasteiger partial charge in [0.05, 0.1) is 17.5 Å². The van der Waals surface area contributed by atoms with Crippen LogP contribution in [0.15, 0.2) is 66.2 Å². The van der Waals surface area contributed by atoms with Gasteiger partial charge in [0.1, 0.15) is 0 Å². The highest BCUT2D eigenvalue weighted by Crippen LogP contribution is 2.40. The minimum atomic E-state index is -0.670. The molecular formula is C24H22N2O2S. The van der Waals surface area contributed by atoms with Crippen molar-refractivity contribution >= 4 is 38.3 Å². The Morgan fingerprint density at radius 1 is 1.00 bits per heavy atom. The molecule has 0 bridgehead atoms. The normalized spacial score (nSPS) is 17.0. The highest BCUT2D eigenvalue weighted by Gasteiger charge is 2.32. The molecule has 0 radical (unpaired) electrons. The van der Waals surface area contributed by atoms with Crippen LogP contribution < -0.4 is 0 Å². The second kappa shape index (κ2) is 7.58. The molecule has 29 heavy (non-hydrogen) atoms. The highest BCUT2D eigenvalue weighted by molar-refractivity contribution is 7.17. The Bertz CT molecular complexity index is 1170. The summed E-state index contributed by atoms with van der Waals surface area (Å²) in [5.41, 5.74) is 3.54. The van der Waals surface area contributed by atoms with E-state index in [9.17, 15) is 9.90 Å². The zero-order valence-electron chi connectivity index (χ0n) is 16.0. The first-order chi connectivity index (χ1) is 14.2. The van der Waals surface area contributed by atoms with Crippen LogP contribution in [0.3, 0.4) is 0 Å². The number of nitrogens with zero attached hydrogens (tertiary/aromatic N) is 2. The molecule has 1 fully saturated rings. The molecule has 146 valence electrons. The van der Waals surface area contributed by atoms with E-state index in [1.54, 1.807) is 11.3 Å². The van der Waals surface area contributed by atoms with Crippen molar-refractivity contribution in [2.75, 3.05) is 13.1 Å². The van der Waals surface area contributed by atoms with E-state index < -0.39 is 5.97 Å². The third kappa shape index (κ3) is 3.30. The lowest BCUT2D eigenvalue weighted by atomic mass is 9.90. The van der Waals surface area contributed by atoms with Crippen LogP contribution in [0.25, 0.3) is 21.0 Å². The Kier molecular flexibility index (Phi) is 4.78. The minimum absolute atomic E-state index is 0.0915. The van der Waals surface area contributed by atoms with Gasteiger partial charge in [-0.2, -0.15) is 0 Å². The summed E-state index contributed by atoms with van der Waals surface area (Å²) in [7, 11) is 0. The third-order valence-electron chi connectivity index (χ3n) is 6.03. The van der Waals surface area contributed by atoms with Crippen LogP contribution in [0.2, 0.25) is 0 Å². The van der Waals surface area contributed by atoms with Gasteiger partial charge in [0, 0.05) is 16.3 Å². The fourth-order valence-corrected chi connectivity index (χ4v) is 5.51. The summed E-state index contributed by atoms with van der Waals surface area (Å²) < 4.78 is 1.28. The number of para-hydroxylation sites is 1. The van der Waals surface area contributed by atoms with Gasteiger partial charge in [-0.05, 0) is 66.0 Å². The quantitative estimate of drug-likeness (QED) is 0.501. The van der Waals surface area contributed by atoms with E-state index in [0.717, 1.165) is 24.0 Å². The molecule has 1 unspecified atom stereocenters. The van der Waals surface area contributed by atoms with Gasteiger partial charge in [-0.25, -0.2) is 0 Å². The molecule has 3 heterocycles. The molecule has 0 amide bonds. The van der Waals surface area contributed by atoms with Gasteiger partial charge in [-0.3, -0.25) is 14.7 Å². The molecule has 1 aliphatic rings. The predicted octanol–water partition coefficient (Wildman–Crippen LogP) is 5.34.